The third-order valence-electron chi connectivity index (χ3n) is 4.65. The minimum Gasteiger partial charge on any atom is -0.341 e. The van der Waals surface area contributed by atoms with Crippen LogP contribution in [0.1, 0.15) is 24.5 Å². The number of aromatic nitrogens is 3. The number of halogens is 2. The zero-order valence-electron chi connectivity index (χ0n) is 17.2. The van der Waals surface area contributed by atoms with Crippen LogP contribution in [0.15, 0.2) is 47.6 Å². The summed E-state index contributed by atoms with van der Waals surface area (Å²) >= 11 is 7.41. The molecule has 5 nitrogen and oxygen atoms in total. The van der Waals surface area contributed by atoms with E-state index in [4.69, 9.17) is 11.6 Å². The van der Waals surface area contributed by atoms with Crippen LogP contribution < -0.4 is 0 Å². The zero-order chi connectivity index (χ0) is 21.7. The van der Waals surface area contributed by atoms with Gasteiger partial charge in [0.2, 0.25) is 5.91 Å². The summed E-state index contributed by atoms with van der Waals surface area (Å²) in [5.74, 6) is 0.419. The van der Waals surface area contributed by atoms with E-state index in [0.717, 1.165) is 29.9 Å². The summed E-state index contributed by atoms with van der Waals surface area (Å²) in [5, 5.41) is 9.67. The largest absolute Gasteiger partial charge is 0.341 e. The third kappa shape index (κ3) is 5.21. The van der Waals surface area contributed by atoms with Crippen molar-refractivity contribution >= 4 is 29.3 Å². The van der Waals surface area contributed by atoms with E-state index in [-0.39, 0.29) is 18.2 Å². The summed E-state index contributed by atoms with van der Waals surface area (Å²) in [6.07, 6.45) is 0.921. The number of nitrogens with zero attached hydrogens (tertiary/aromatic N) is 4. The minimum absolute atomic E-state index is 0.112. The molecule has 8 heteroatoms. The lowest BCUT2D eigenvalue weighted by Crippen LogP contribution is -2.28. The van der Waals surface area contributed by atoms with E-state index in [9.17, 15) is 9.18 Å². The lowest BCUT2D eigenvalue weighted by atomic mass is 10.1. The number of benzene rings is 2. The Hall–Kier alpha value is -2.38. The molecule has 0 unspecified atom stereocenters. The van der Waals surface area contributed by atoms with Gasteiger partial charge in [-0.3, -0.25) is 4.79 Å². The van der Waals surface area contributed by atoms with Gasteiger partial charge in [0.15, 0.2) is 11.0 Å². The first-order chi connectivity index (χ1) is 14.4. The van der Waals surface area contributed by atoms with Crippen molar-refractivity contribution in [2.45, 2.75) is 38.5 Å². The van der Waals surface area contributed by atoms with E-state index in [1.165, 1.54) is 22.7 Å². The van der Waals surface area contributed by atoms with Crippen LogP contribution in [-0.2, 0) is 17.9 Å². The Morgan fingerprint density at radius 2 is 2.00 bits per heavy atom. The van der Waals surface area contributed by atoms with Crippen LogP contribution in [0, 0.1) is 12.7 Å². The normalized spacial score (nSPS) is 11.0. The molecule has 0 saturated carbocycles. The Morgan fingerprint density at radius 3 is 2.70 bits per heavy atom. The molecule has 0 radical (unpaired) electrons. The van der Waals surface area contributed by atoms with Gasteiger partial charge in [0.25, 0.3) is 0 Å². The van der Waals surface area contributed by atoms with Crippen molar-refractivity contribution < 1.29 is 9.18 Å². The van der Waals surface area contributed by atoms with Crippen molar-refractivity contribution in [2.75, 3.05) is 12.8 Å². The molecule has 1 heterocycles. The number of rotatable bonds is 8. The molecular formula is C22H24ClFN4OS. The van der Waals surface area contributed by atoms with E-state index in [0.29, 0.717) is 15.7 Å². The average molecular weight is 447 g/mol. The quantitative estimate of drug-likeness (QED) is 0.446. The fraction of sp³-hybridized carbons (Fsp3) is 0.318. The highest BCUT2D eigenvalue weighted by molar-refractivity contribution is 7.99. The maximum absolute atomic E-state index is 14.0. The highest BCUT2D eigenvalue weighted by Gasteiger charge is 2.18. The van der Waals surface area contributed by atoms with E-state index >= 15 is 0 Å². The molecule has 0 atom stereocenters. The van der Waals surface area contributed by atoms with Crippen LogP contribution in [-0.4, -0.2) is 38.4 Å². The molecule has 30 heavy (non-hydrogen) atoms. The first kappa shape index (κ1) is 22.3. The molecule has 3 aromatic rings. The van der Waals surface area contributed by atoms with E-state index in [2.05, 4.69) is 23.2 Å². The van der Waals surface area contributed by atoms with Crippen LogP contribution in [0.3, 0.4) is 0 Å². The third-order valence-corrected chi connectivity index (χ3v) is 5.95. The van der Waals surface area contributed by atoms with E-state index < -0.39 is 5.82 Å². The molecule has 0 aliphatic heterocycles. The van der Waals surface area contributed by atoms with Gasteiger partial charge in [-0.2, -0.15) is 0 Å². The number of carbonyl (C=O) groups is 1. The molecule has 1 amide bonds. The van der Waals surface area contributed by atoms with Crippen molar-refractivity contribution in [1.82, 2.24) is 19.7 Å². The molecule has 2 aromatic carbocycles. The Kier molecular flexibility index (Phi) is 7.50. The van der Waals surface area contributed by atoms with Crippen molar-refractivity contribution in [3.8, 4) is 11.4 Å². The van der Waals surface area contributed by atoms with Gasteiger partial charge in [0, 0.05) is 36.3 Å². The van der Waals surface area contributed by atoms with Gasteiger partial charge in [0.1, 0.15) is 5.82 Å². The van der Waals surface area contributed by atoms with Crippen LogP contribution in [0.2, 0.25) is 5.02 Å². The van der Waals surface area contributed by atoms with Gasteiger partial charge >= 0.3 is 0 Å². The summed E-state index contributed by atoms with van der Waals surface area (Å²) in [4.78, 5) is 14.1. The lowest BCUT2D eigenvalue weighted by Gasteiger charge is -2.18. The first-order valence-corrected chi connectivity index (χ1v) is 11.1. The smallest absolute Gasteiger partial charge is 0.233 e. The number of carbonyl (C=O) groups excluding carboxylic acids is 1. The summed E-state index contributed by atoms with van der Waals surface area (Å²) < 4.78 is 16.0. The highest BCUT2D eigenvalue weighted by Crippen LogP contribution is 2.26. The second-order valence-corrected chi connectivity index (χ2v) is 8.42. The zero-order valence-corrected chi connectivity index (χ0v) is 18.8. The number of hydrogen-bond donors (Lipinski definition) is 0. The van der Waals surface area contributed by atoms with Gasteiger partial charge in [-0.15, -0.1) is 10.2 Å². The van der Waals surface area contributed by atoms with Gasteiger partial charge in [-0.25, -0.2) is 4.39 Å². The monoisotopic (exact) mass is 446 g/mol. The SMILES string of the molecule is CCCn1c(SCC(=O)N(C)Cc2c(F)cccc2Cl)nnc1-c1cccc(C)c1. The summed E-state index contributed by atoms with van der Waals surface area (Å²) in [6, 6.07) is 12.6. The van der Waals surface area contributed by atoms with E-state index in [1.54, 1.807) is 19.2 Å². The number of hydrogen-bond acceptors (Lipinski definition) is 4. The molecule has 158 valence electrons. The maximum atomic E-state index is 14.0. The maximum Gasteiger partial charge on any atom is 0.233 e. The number of aryl methyl sites for hydroxylation is 1. The van der Waals surface area contributed by atoms with Crippen LogP contribution >= 0.6 is 23.4 Å². The topological polar surface area (TPSA) is 51.0 Å². The Bertz CT molecular complexity index is 1020. The molecule has 0 saturated heterocycles. The van der Waals surface area contributed by atoms with Gasteiger partial charge in [0.05, 0.1) is 5.75 Å². The molecule has 0 N–H and O–H groups in total. The van der Waals surface area contributed by atoms with Crippen LogP contribution in [0.5, 0.6) is 0 Å². The predicted octanol–water partition coefficient (Wildman–Crippen LogP) is 5.21. The second-order valence-electron chi connectivity index (χ2n) is 7.07. The molecule has 1 aromatic heterocycles. The number of thioether (sulfide) groups is 1. The molecule has 0 fully saturated rings. The minimum atomic E-state index is -0.416. The van der Waals surface area contributed by atoms with Crippen LogP contribution in [0.25, 0.3) is 11.4 Å². The number of amides is 1. The van der Waals surface area contributed by atoms with E-state index in [1.807, 2.05) is 29.7 Å². The predicted molar refractivity (Wildman–Crippen MR) is 119 cm³/mol. The molecule has 0 bridgehead atoms. The van der Waals surface area contributed by atoms with Gasteiger partial charge < -0.3 is 9.47 Å². The Labute approximate surface area is 185 Å². The summed E-state index contributed by atoms with van der Waals surface area (Å²) in [7, 11) is 1.64. The van der Waals surface area contributed by atoms with Crippen molar-refractivity contribution in [3.05, 3.63) is 64.4 Å². The molecule has 3 rings (SSSR count). The second kappa shape index (κ2) is 10.1. The van der Waals surface area contributed by atoms with Gasteiger partial charge in [-0.05, 0) is 31.5 Å². The molecular weight excluding hydrogens is 423 g/mol. The fourth-order valence-corrected chi connectivity index (χ4v) is 4.19. The average Bonchev–Trinajstić information content (AvgIpc) is 3.12. The molecule has 0 spiro atoms. The standard InChI is InChI=1S/C22H24ClFN4OS/c1-4-11-28-21(16-8-5-7-15(2)12-16)25-26-22(28)30-14-20(29)27(3)13-17-18(23)9-6-10-19(17)24/h5-10,12H,4,11,13-14H2,1-3H3. The summed E-state index contributed by atoms with van der Waals surface area (Å²) in [5.41, 5.74) is 2.47. The molecule has 0 aliphatic rings. The van der Waals surface area contributed by atoms with Crippen LogP contribution in [0.4, 0.5) is 4.39 Å². The highest BCUT2D eigenvalue weighted by atomic mass is 35.5. The Balaban J connectivity index is 1.71. The lowest BCUT2D eigenvalue weighted by molar-refractivity contribution is -0.127. The molecule has 0 aliphatic carbocycles. The summed E-state index contributed by atoms with van der Waals surface area (Å²) in [6.45, 7) is 5.00. The Morgan fingerprint density at radius 1 is 1.23 bits per heavy atom. The fourth-order valence-electron chi connectivity index (χ4n) is 3.06. The van der Waals surface area contributed by atoms with Gasteiger partial charge in [-0.1, -0.05) is 60.1 Å². The van der Waals surface area contributed by atoms with Crippen molar-refractivity contribution in [2.24, 2.45) is 0 Å². The van der Waals surface area contributed by atoms with Crippen molar-refractivity contribution in [1.29, 1.82) is 0 Å². The van der Waals surface area contributed by atoms with Crippen molar-refractivity contribution in [3.63, 3.8) is 0 Å². The first-order valence-electron chi connectivity index (χ1n) is 9.70.